The molecule has 0 spiro atoms. The third-order valence-corrected chi connectivity index (χ3v) is 0.632. The molecule has 1 rings (SSSR count). The third kappa shape index (κ3) is 1.14. The van der Waals surface area contributed by atoms with Gasteiger partial charge >= 0.3 is 0 Å². The number of rotatable bonds is 0. The van der Waals surface area contributed by atoms with Crippen molar-refractivity contribution in [2.45, 2.75) is 0 Å². The smallest absolute Gasteiger partial charge is 0.250 e. The van der Waals surface area contributed by atoms with E-state index in [0.717, 1.165) is 0 Å². The van der Waals surface area contributed by atoms with Crippen LogP contribution in [-0.2, 0) is 9.59 Å². The Hall–Kier alpha value is -1.19. The molecule has 8 heavy (non-hydrogen) atoms. The average molecular weight is 117 g/mol. The van der Waals surface area contributed by atoms with Crippen LogP contribution in [0.4, 0.5) is 4.70 Å². The predicted octanol–water partition coefficient (Wildman–Crippen LogP) is -0.649. The number of imide groups is 1. The number of carbonyl (C=O) groups excluding carboxylic acids is 2. The number of nitrogens with one attached hydrogen (secondary N) is 1. The maximum atomic E-state index is 10.0. The summed E-state index contributed by atoms with van der Waals surface area (Å²) in [7, 11) is 0. The van der Waals surface area contributed by atoms with Crippen LogP contribution in [-0.4, -0.2) is 11.8 Å². The topological polar surface area (TPSA) is 46.2 Å². The molecule has 4 heteroatoms. The molecule has 0 aromatic carbocycles. The highest BCUT2D eigenvalue weighted by Crippen LogP contribution is 1.82. The third-order valence-electron chi connectivity index (χ3n) is 0.632. The van der Waals surface area contributed by atoms with Gasteiger partial charge in [0.05, 0.1) is 0 Å². The molecule has 0 radical (unpaired) electrons. The van der Waals surface area contributed by atoms with Crippen LogP contribution < -0.4 is 5.32 Å². The lowest BCUT2D eigenvalue weighted by Gasteiger charge is -1.80. The summed E-state index contributed by atoms with van der Waals surface area (Å²) in [5, 5.41) is 2.03. The minimum absolute atomic E-state index is 0. The molecule has 1 heterocycles. The molecule has 2 amide bonds. The molecule has 1 aliphatic rings. The van der Waals surface area contributed by atoms with Gasteiger partial charge in [-0.1, -0.05) is 0 Å². The van der Waals surface area contributed by atoms with E-state index in [1.807, 2.05) is 5.32 Å². The van der Waals surface area contributed by atoms with Gasteiger partial charge in [0.1, 0.15) is 0 Å². The second-order valence-corrected chi connectivity index (χ2v) is 1.19. The first-order valence-corrected chi connectivity index (χ1v) is 1.82. The van der Waals surface area contributed by atoms with Crippen molar-refractivity contribution < 1.29 is 14.3 Å². The van der Waals surface area contributed by atoms with E-state index in [1.54, 1.807) is 0 Å². The van der Waals surface area contributed by atoms with Crippen molar-refractivity contribution in [3.05, 3.63) is 12.2 Å². The van der Waals surface area contributed by atoms with Crippen LogP contribution in [0.25, 0.3) is 0 Å². The Bertz CT molecular complexity index is 136. The predicted molar refractivity (Wildman–Crippen MR) is 24.8 cm³/mol. The molecular formula is C4H4FNO2. The maximum Gasteiger partial charge on any atom is 0.250 e. The van der Waals surface area contributed by atoms with E-state index in [9.17, 15) is 9.59 Å². The average Bonchev–Trinajstić information content (AvgIpc) is 1.87. The fourth-order valence-electron chi connectivity index (χ4n) is 0.356. The summed E-state index contributed by atoms with van der Waals surface area (Å²) in [6, 6.07) is 0. The van der Waals surface area contributed by atoms with Crippen molar-refractivity contribution in [3.63, 3.8) is 0 Å². The van der Waals surface area contributed by atoms with Crippen LogP contribution in [0, 0.1) is 0 Å². The number of carbonyl (C=O) groups is 2. The quantitative estimate of drug-likeness (QED) is 0.428. The summed E-state index contributed by atoms with van der Waals surface area (Å²) in [5.41, 5.74) is 0. The van der Waals surface area contributed by atoms with Gasteiger partial charge in [0.25, 0.3) is 11.8 Å². The monoisotopic (exact) mass is 117 g/mol. The Kier molecular flexibility index (Phi) is 1.88. The SMILES string of the molecule is F.O=C1C=CC(=O)N1. The van der Waals surface area contributed by atoms with Gasteiger partial charge in [-0.2, -0.15) is 0 Å². The number of hydrogen-bond acceptors (Lipinski definition) is 2. The Morgan fingerprint density at radius 2 is 1.50 bits per heavy atom. The normalized spacial score (nSPS) is 15.5. The van der Waals surface area contributed by atoms with Crippen molar-refractivity contribution in [1.82, 2.24) is 5.32 Å². The van der Waals surface area contributed by atoms with Gasteiger partial charge in [-0.05, 0) is 0 Å². The number of amides is 2. The molecule has 3 nitrogen and oxygen atoms in total. The van der Waals surface area contributed by atoms with E-state index in [4.69, 9.17) is 0 Å². The Labute approximate surface area is 44.7 Å². The molecule has 1 N–H and O–H groups in total. The van der Waals surface area contributed by atoms with Crippen LogP contribution in [0.2, 0.25) is 0 Å². The molecule has 0 atom stereocenters. The summed E-state index contributed by atoms with van der Waals surface area (Å²) in [6.07, 6.45) is 2.39. The zero-order chi connectivity index (χ0) is 5.28. The van der Waals surface area contributed by atoms with Gasteiger partial charge in [0, 0.05) is 12.2 Å². The maximum absolute atomic E-state index is 10.0. The summed E-state index contributed by atoms with van der Waals surface area (Å²) in [6.45, 7) is 0. The Morgan fingerprint density at radius 1 is 1.12 bits per heavy atom. The molecular weight excluding hydrogens is 113 g/mol. The van der Waals surface area contributed by atoms with E-state index >= 15 is 0 Å². The molecule has 0 aliphatic carbocycles. The number of halogens is 1. The van der Waals surface area contributed by atoms with Crippen molar-refractivity contribution in [2.75, 3.05) is 0 Å². The van der Waals surface area contributed by atoms with Gasteiger partial charge < -0.3 is 0 Å². The summed E-state index contributed by atoms with van der Waals surface area (Å²) < 4.78 is 0. The zero-order valence-electron chi connectivity index (χ0n) is 3.88. The zero-order valence-corrected chi connectivity index (χ0v) is 3.88. The summed E-state index contributed by atoms with van der Waals surface area (Å²) >= 11 is 0. The van der Waals surface area contributed by atoms with Crippen LogP contribution in [0.5, 0.6) is 0 Å². The molecule has 0 bridgehead atoms. The lowest BCUT2D eigenvalue weighted by atomic mass is 10.6. The van der Waals surface area contributed by atoms with Crippen LogP contribution in [0.15, 0.2) is 12.2 Å². The van der Waals surface area contributed by atoms with E-state index in [0.29, 0.717) is 0 Å². The fraction of sp³-hybridized carbons (Fsp3) is 0. The molecule has 0 aromatic rings. The summed E-state index contributed by atoms with van der Waals surface area (Å²) in [5.74, 6) is -0.657. The van der Waals surface area contributed by atoms with Crippen molar-refractivity contribution in [1.29, 1.82) is 0 Å². The standard InChI is InChI=1S/C4H3NO2.FH/c6-3-1-2-4(7)5-3;/h1-2H,(H,5,6,7);1H. The largest absolute Gasteiger partial charge is 0.289 e. The Morgan fingerprint density at radius 3 is 1.62 bits per heavy atom. The molecule has 44 valence electrons. The minimum atomic E-state index is -0.329. The lowest BCUT2D eigenvalue weighted by Crippen LogP contribution is -2.19. The fourth-order valence-corrected chi connectivity index (χ4v) is 0.356. The minimum Gasteiger partial charge on any atom is -0.289 e. The highest BCUT2D eigenvalue weighted by atomic mass is 19.0. The van der Waals surface area contributed by atoms with Crippen LogP contribution in [0.1, 0.15) is 0 Å². The first-order chi connectivity index (χ1) is 3.29. The van der Waals surface area contributed by atoms with Gasteiger partial charge in [-0.15, -0.1) is 0 Å². The van der Waals surface area contributed by atoms with E-state index < -0.39 is 0 Å². The highest BCUT2D eigenvalue weighted by molar-refractivity contribution is 6.12. The van der Waals surface area contributed by atoms with Gasteiger partial charge in [0.2, 0.25) is 0 Å². The van der Waals surface area contributed by atoms with E-state index in [-0.39, 0.29) is 16.5 Å². The van der Waals surface area contributed by atoms with Gasteiger partial charge in [-0.25, -0.2) is 0 Å². The molecule has 1 aliphatic heterocycles. The molecule has 0 saturated carbocycles. The highest BCUT2D eigenvalue weighted by Gasteiger charge is 2.06. The summed E-state index contributed by atoms with van der Waals surface area (Å²) in [4.78, 5) is 20.1. The second-order valence-electron chi connectivity index (χ2n) is 1.19. The van der Waals surface area contributed by atoms with E-state index in [1.165, 1.54) is 12.2 Å². The first-order valence-electron chi connectivity index (χ1n) is 1.82. The van der Waals surface area contributed by atoms with Gasteiger partial charge in [0.15, 0.2) is 0 Å². The second kappa shape index (κ2) is 2.20. The molecule has 0 aromatic heterocycles. The first kappa shape index (κ1) is 6.81. The van der Waals surface area contributed by atoms with Crippen molar-refractivity contribution in [2.24, 2.45) is 0 Å². The number of hydrogen-bond donors (Lipinski definition) is 1. The van der Waals surface area contributed by atoms with Crippen LogP contribution in [0.3, 0.4) is 0 Å². The van der Waals surface area contributed by atoms with Crippen molar-refractivity contribution >= 4 is 11.8 Å². The Balaban J connectivity index is 0.000000490. The van der Waals surface area contributed by atoms with Crippen molar-refractivity contribution in [3.8, 4) is 0 Å². The van der Waals surface area contributed by atoms with Crippen LogP contribution >= 0.6 is 0 Å². The lowest BCUT2D eigenvalue weighted by molar-refractivity contribution is -0.123. The molecule has 0 fully saturated rings. The van der Waals surface area contributed by atoms with Gasteiger partial charge in [-0.3, -0.25) is 19.6 Å². The molecule has 0 unspecified atom stereocenters. The van der Waals surface area contributed by atoms with E-state index in [2.05, 4.69) is 0 Å². The molecule has 0 saturated heterocycles.